The van der Waals surface area contributed by atoms with Crippen LogP contribution in [0.15, 0.2) is 48.5 Å². The fourth-order valence-electron chi connectivity index (χ4n) is 1.92. The molecule has 1 unspecified atom stereocenters. The lowest BCUT2D eigenvalue weighted by Gasteiger charge is -2.14. The summed E-state index contributed by atoms with van der Waals surface area (Å²) in [6, 6.07) is 14.3. The third kappa shape index (κ3) is 5.01. The first-order chi connectivity index (χ1) is 11.5. The van der Waals surface area contributed by atoms with Gasteiger partial charge in [0, 0.05) is 11.8 Å². The highest BCUT2D eigenvalue weighted by Gasteiger charge is 2.14. The number of rotatable bonds is 6. The van der Waals surface area contributed by atoms with E-state index in [2.05, 4.69) is 5.32 Å². The second-order valence-corrected chi connectivity index (χ2v) is 5.27. The fourth-order valence-corrected chi connectivity index (χ4v) is 1.92. The molecule has 1 amide bonds. The van der Waals surface area contributed by atoms with E-state index in [1.165, 1.54) is 6.92 Å². The SMILES string of the molecule is Cc1ccc(NC(=O)OCc2ccccc2)cc1OC(C)C(=O)O. The Balaban J connectivity index is 1.96. The van der Waals surface area contributed by atoms with Crippen molar-refractivity contribution in [3.8, 4) is 5.75 Å². The van der Waals surface area contributed by atoms with Crippen LogP contribution in [0.5, 0.6) is 5.75 Å². The summed E-state index contributed by atoms with van der Waals surface area (Å²) in [5, 5.41) is 11.5. The second kappa shape index (κ2) is 8.01. The highest BCUT2D eigenvalue weighted by molar-refractivity contribution is 5.85. The van der Waals surface area contributed by atoms with Gasteiger partial charge in [0.25, 0.3) is 0 Å². The molecule has 6 heteroatoms. The Labute approximate surface area is 140 Å². The fraction of sp³-hybridized carbons (Fsp3) is 0.222. The largest absolute Gasteiger partial charge is 0.479 e. The first-order valence-corrected chi connectivity index (χ1v) is 7.43. The summed E-state index contributed by atoms with van der Waals surface area (Å²) in [5.41, 5.74) is 2.12. The van der Waals surface area contributed by atoms with Gasteiger partial charge in [-0.05, 0) is 31.0 Å². The zero-order valence-corrected chi connectivity index (χ0v) is 13.5. The third-order valence-corrected chi connectivity index (χ3v) is 3.30. The number of carbonyl (C=O) groups is 2. The van der Waals surface area contributed by atoms with E-state index in [9.17, 15) is 9.59 Å². The van der Waals surface area contributed by atoms with E-state index in [4.69, 9.17) is 14.6 Å². The van der Waals surface area contributed by atoms with Crippen LogP contribution in [-0.2, 0) is 16.1 Å². The number of anilines is 1. The molecule has 2 aromatic carbocycles. The van der Waals surface area contributed by atoms with Gasteiger partial charge in [-0.2, -0.15) is 0 Å². The van der Waals surface area contributed by atoms with Gasteiger partial charge < -0.3 is 14.6 Å². The minimum Gasteiger partial charge on any atom is -0.479 e. The van der Waals surface area contributed by atoms with E-state index < -0.39 is 18.2 Å². The van der Waals surface area contributed by atoms with Crippen LogP contribution in [0.1, 0.15) is 18.1 Å². The molecule has 0 aliphatic heterocycles. The predicted octanol–water partition coefficient (Wildman–Crippen LogP) is 3.60. The van der Waals surface area contributed by atoms with Gasteiger partial charge in [-0.15, -0.1) is 0 Å². The van der Waals surface area contributed by atoms with Gasteiger partial charge in [0.15, 0.2) is 6.10 Å². The number of amides is 1. The Hall–Kier alpha value is -3.02. The number of carboxylic acid groups (broad SMARTS) is 1. The lowest BCUT2D eigenvalue weighted by Crippen LogP contribution is -2.23. The number of hydrogen-bond acceptors (Lipinski definition) is 4. The number of aliphatic carboxylic acids is 1. The molecule has 2 rings (SSSR count). The van der Waals surface area contributed by atoms with Crippen LogP contribution in [0.3, 0.4) is 0 Å². The van der Waals surface area contributed by atoms with E-state index in [0.717, 1.165) is 11.1 Å². The highest BCUT2D eigenvalue weighted by atomic mass is 16.5. The maximum absolute atomic E-state index is 11.8. The summed E-state index contributed by atoms with van der Waals surface area (Å²) < 4.78 is 10.5. The topological polar surface area (TPSA) is 84.9 Å². The predicted molar refractivity (Wildman–Crippen MR) is 89.2 cm³/mol. The minimum atomic E-state index is -1.06. The number of carboxylic acids is 1. The van der Waals surface area contributed by atoms with Crippen LogP contribution in [0.2, 0.25) is 0 Å². The molecule has 0 heterocycles. The molecule has 0 bridgehead atoms. The van der Waals surface area contributed by atoms with Crippen molar-refractivity contribution < 1.29 is 24.2 Å². The Morgan fingerprint density at radius 2 is 1.88 bits per heavy atom. The number of carbonyl (C=O) groups excluding carboxylic acids is 1. The summed E-state index contributed by atoms with van der Waals surface area (Å²) >= 11 is 0. The molecule has 2 N–H and O–H groups in total. The summed E-state index contributed by atoms with van der Waals surface area (Å²) in [6.07, 6.45) is -1.58. The van der Waals surface area contributed by atoms with Crippen molar-refractivity contribution in [3.05, 3.63) is 59.7 Å². The van der Waals surface area contributed by atoms with Gasteiger partial charge in [-0.25, -0.2) is 9.59 Å². The van der Waals surface area contributed by atoms with Crippen LogP contribution in [-0.4, -0.2) is 23.3 Å². The van der Waals surface area contributed by atoms with Crippen molar-refractivity contribution in [2.75, 3.05) is 5.32 Å². The van der Waals surface area contributed by atoms with E-state index >= 15 is 0 Å². The van der Waals surface area contributed by atoms with Gasteiger partial charge in [0.1, 0.15) is 12.4 Å². The lowest BCUT2D eigenvalue weighted by atomic mass is 10.2. The van der Waals surface area contributed by atoms with Crippen LogP contribution in [0, 0.1) is 6.92 Å². The number of hydrogen-bond donors (Lipinski definition) is 2. The van der Waals surface area contributed by atoms with Crippen LogP contribution >= 0.6 is 0 Å². The molecule has 2 aromatic rings. The van der Waals surface area contributed by atoms with Crippen molar-refractivity contribution in [2.24, 2.45) is 0 Å². The van der Waals surface area contributed by atoms with E-state index in [0.29, 0.717) is 11.4 Å². The number of nitrogens with one attached hydrogen (secondary N) is 1. The van der Waals surface area contributed by atoms with Gasteiger partial charge in [0.2, 0.25) is 0 Å². The molecular formula is C18H19NO5. The zero-order valence-electron chi connectivity index (χ0n) is 13.5. The minimum absolute atomic E-state index is 0.165. The van der Waals surface area contributed by atoms with Gasteiger partial charge in [0.05, 0.1) is 0 Å². The Morgan fingerprint density at radius 1 is 1.17 bits per heavy atom. The first-order valence-electron chi connectivity index (χ1n) is 7.43. The smallest absolute Gasteiger partial charge is 0.411 e. The summed E-state index contributed by atoms with van der Waals surface area (Å²) in [7, 11) is 0. The van der Waals surface area contributed by atoms with Crippen molar-refractivity contribution in [2.45, 2.75) is 26.6 Å². The number of ether oxygens (including phenoxy) is 2. The Bertz CT molecular complexity index is 715. The van der Waals surface area contributed by atoms with Gasteiger partial charge in [-0.3, -0.25) is 5.32 Å². The molecule has 0 saturated carbocycles. The number of benzene rings is 2. The normalized spacial score (nSPS) is 11.4. The molecular weight excluding hydrogens is 310 g/mol. The molecule has 126 valence electrons. The van der Waals surface area contributed by atoms with Crippen LogP contribution in [0.4, 0.5) is 10.5 Å². The monoisotopic (exact) mass is 329 g/mol. The second-order valence-electron chi connectivity index (χ2n) is 5.27. The molecule has 0 aliphatic carbocycles. The average molecular weight is 329 g/mol. The standard InChI is InChI=1S/C18H19NO5/c1-12-8-9-15(10-16(12)24-13(2)17(20)21)19-18(22)23-11-14-6-4-3-5-7-14/h3-10,13H,11H2,1-2H3,(H,19,22)(H,20,21). The lowest BCUT2D eigenvalue weighted by molar-refractivity contribution is -0.144. The molecule has 0 saturated heterocycles. The van der Waals surface area contributed by atoms with E-state index in [-0.39, 0.29) is 6.61 Å². The van der Waals surface area contributed by atoms with Crippen molar-refractivity contribution in [1.82, 2.24) is 0 Å². The molecule has 0 radical (unpaired) electrons. The van der Waals surface area contributed by atoms with Crippen molar-refractivity contribution in [1.29, 1.82) is 0 Å². The van der Waals surface area contributed by atoms with Crippen LogP contribution < -0.4 is 10.1 Å². The Kier molecular flexibility index (Phi) is 5.78. The summed E-state index contributed by atoms with van der Waals surface area (Å²) in [5.74, 6) is -0.666. The van der Waals surface area contributed by atoms with Gasteiger partial charge in [-0.1, -0.05) is 36.4 Å². The molecule has 0 aliphatic rings. The first kappa shape index (κ1) is 17.3. The third-order valence-electron chi connectivity index (χ3n) is 3.30. The molecule has 6 nitrogen and oxygen atoms in total. The van der Waals surface area contributed by atoms with E-state index in [1.54, 1.807) is 25.1 Å². The Morgan fingerprint density at radius 3 is 2.54 bits per heavy atom. The number of aryl methyl sites for hydroxylation is 1. The maximum Gasteiger partial charge on any atom is 0.411 e. The molecule has 0 fully saturated rings. The zero-order chi connectivity index (χ0) is 17.5. The highest BCUT2D eigenvalue weighted by Crippen LogP contribution is 2.24. The quantitative estimate of drug-likeness (QED) is 0.846. The summed E-state index contributed by atoms with van der Waals surface area (Å²) in [4.78, 5) is 22.7. The van der Waals surface area contributed by atoms with E-state index in [1.807, 2.05) is 30.3 Å². The van der Waals surface area contributed by atoms with Crippen molar-refractivity contribution >= 4 is 17.7 Å². The van der Waals surface area contributed by atoms with Gasteiger partial charge >= 0.3 is 12.1 Å². The average Bonchev–Trinajstić information content (AvgIpc) is 2.57. The molecule has 0 aromatic heterocycles. The van der Waals surface area contributed by atoms with Crippen LogP contribution in [0.25, 0.3) is 0 Å². The van der Waals surface area contributed by atoms with Crippen molar-refractivity contribution in [3.63, 3.8) is 0 Å². The molecule has 1 atom stereocenters. The summed E-state index contributed by atoms with van der Waals surface area (Å²) in [6.45, 7) is 3.40. The molecule has 24 heavy (non-hydrogen) atoms. The maximum atomic E-state index is 11.8. The molecule has 0 spiro atoms.